The predicted octanol–water partition coefficient (Wildman–Crippen LogP) is 3.91. The Bertz CT molecular complexity index is 1060. The fraction of sp³-hybridized carbons (Fsp3) is 0.273. The minimum atomic E-state index is -0.235. The first-order valence-corrected chi connectivity index (χ1v) is 10.6. The van der Waals surface area contributed by atoms with Gasteiger partial charge in [0, 0.05) is 12.0 Å². The molecule has 1 aliphatic rings. The number of rotatable bonds is 6. The van der Waals surface area contributed by atoms with E-state index in [1.54, 1.807) is 17.0 Å². The summed E-state index contributed by atoms with van der Waals surface area (Å²) in [5.74, 6) is 0.854. The van der Waals surface area contributed by atoms with E-state index in [2.05, 4.69) is 29.4 Å². The summed E-state index contributed by atoms with van der Waals surface area (Å²) in [5, 5.41) is 12.4. The second-order valence-corrected chi connectivity index (χ2v) is 8.55. The molecule has 3 aromatic rings. The fourth-order valence-electron chi connectivity index (χ4n) is 3.18. The Balaban J connectivity index is 1.42. The van der Waals surface area contributed by atoms with Gasteiger partial charge in [-0.05, 0) is 35.7 Å². The Morgan fingerprint density at radius 3 is 2.70 bits per heavy atom. The Kier molecular flexibility index (Phi) is 5.76. The molecule has 0 atom stereocenters. The molecule has 7 nitrogen and oxygen atoms in total. The zero-order valence-corrected chi connectivity index (χ0v) is 17.6. The molecule has 2 amide bonds. The van der Waals surface area contributed by atoms with E-state index in [1.807, 2.05) is 36.4 Å². The molecule has 0 saturated heterocycles. The SMILES string of the molecule is CC(C)Cc1nnc(NC(=O)c2ccc(CN3C(=O)COc4ccccc43)cc2)s1. The highest BCUT2D eigenvalue weighted by Gasteiger charge is 2.25. The van der Waals surface area contributed by atoms with Gasteiger partial charge in [0.15, 0.2) is 6.61 Å². The summed E-state index contributed by atoms with van der Waals surface area (Å²) in [6, 6.07) is 14.7. The normalized spacial score (nSPS) is 13.2. The van der Waals surface area contributed by atoms with Crippen LogP contribution in [0, 0.1) is 5.92 Å². The molecule has 8 heteroatoms. The van der Waals surface area contributed by atoms with E-state index in [-0.39, 0.29) is 18.4 Å². The average Bonchev–Trinajstić information content (AvgIpc) is 3.16. The molecule has 0 unspecified atom stereocenters. The van der Waals surface area contributed by atoms with Gasteiger partial charge in [0.05, 0.1) is 12.2 Å². The molecule has 0 fully saturated rings. The van der Waals surface area contributed by atoms with Crippen molar-refractivity contribution in [3.8, 4) is 5.75 Å². The Morgan fingerprint density at radius 2 is 1.93 bits per heavy atom. The van der Waals surface area contributed by atoms with Crippen LogP contribution >= 0.6 is 11.3 Å². The third-order valence-corrected chi connectivity index (χ3v) is 5.50. The first kappa shape index (κ1) is 20.0. The van der Waals surface area contributed by atoms with Crippen LogP contribution in [0.1, 0.15) is 34.8 Å². The molecule has 2 heterocycles. The molecule has 0 radical (unpaired) electrons. The van der Waals surface area contributed by atoms with Crippen molar-refractivity contribution in [3.05, 3.63) is 64.7 Å². The summed E-state index contributed by atoms with van der Waals surface area (Å²) in [5.41, 5.74) is 2.20. The quantitative estimate of drug-likeness (QED) is 0.651. The molecule has 0 aliphatic carbocycles. The lowest BCUT2D eigenvalue weighted by molar-refractivity contribution is -0.121. The summed E-state index contributed by atoms with van der Waals surface area (Å²) in [6.45, 7) is 4.67. The fourth-order valence-corrected chi connectivity index (χ4v) is 4.12. The molecule has 0 spiro atoms. The van der Waals surface area contributed by atoms with Gasteiger partial charge in [-0.2, -0.15) is 0 Å². The van der Waals surface area contributed by atoms with Gasteiger partial charge < -0.3 is 9.64 Å². The molecule has 0 saturated carbocycles. The van der Waals surface area contributed by atoms with Gasteiger partial charge in [-0.1, -0.05) is 49.4 Å². The van der Waals surface area contributed by atoms with E-state index >= 15 is 0 Å². The van der Waals surface area contributed by atoms with Gasteiger partial charge in [0.2, 0.25) is 5.13 Å². The first-order valence-electron chi connectivity index (χ1n) is 9.74. The van der Waals surface area contributed by atoms with Crippen LogP contribution in [-0.4, -0.2) is 28.6 Å². The monoisotopic (exact) mass is 422 g/mol. The maximum absolute atomic E-state index is 12.5. The zero-order valence-electron chi connectivity index (χ0n) is 16.8. The number of anilines is 2. The van der Waals surface area contributed by atoms with Crippen molar-refractivity contribution >= 4 is 34.0 Å². The molecular formula is C22H22N4O3S. The van der Waals surface area contributed by atoms with Crippen molar-refractivity contribution in [2.45, 2.75) is 26.8 Å². The van der Waals surface area contributed by atoms with Gasteiger partial charge in [0.25, 0.3) is 11.8 Å². The second kappa shape index (κ2) is 8.62. The van der Waals surface area contributed by atoms with Crippen LogP contribution in [0.25, 0.3) is 0 Å². The van der Waals surface area contributed by atoms with E-state index in [1.165, 1.54) is 11.3 Å². The summed E-state index contributed by atoms with van der Waals surface area (Å²) >= 11 is 1.39. The molecule has 1 N–H and O–H groups in total. The average molecular weight is 423 g/mol. The standard InChI is InChI=1S/C22H22N4O3S/c1-14(2)11-19-24-25-22(30-19)23-21(28)16-9-7-15(8-10-16)12-26-17-5-3-4-6-18(17)29-13-20(26)27/h3-10,14H,11-13H2,1-2H3,(H,23,25,28). The Labute approximate surface area is 178 Å². The van der Waals surface area contributed by atoms with Crippen LogP contribution in [0.2, 0.25) is 0 Å². The number of fused-ring (bicyclic) bond motifs is 1. The third-order valence-electron chi connectivity index (χ3n) is 4.64. The lowest BCUT2D eigenvalue weighted by Crippen LogP contribution is -2.38. The lowest BCUT2D eigenvalue weighted by Gasteiger charge is -2.29. The minimum absolute atomic E-state index is 0.0259. The summed E-state index contributed by atoms with van der Waals surface area (Å²) < 4.78 is 5.48. The van der Waals surface area contributed by atoms with Gasteiger partial charge in [-0.25, -0.2) is 0 Å². The van der Waals surface area contributed by atoms with Gasteiger partial charge >= 0.3 is 0 Å². The lowest BCUT2D eigenvalue weighted by atomic mass is 10.1. The summed E-state index contributed by atoms with van der Waals surface area (Å²) in [4.78, 5) is 26.5. The number of para-hydroxylation sites is 2. The Morgan fingerprint density at radius 1 is 1.17 bits per heavy atom. The van der Waals surface area contributed by atoms with Crippen molar-refractivity contribution in [2.75, 3.05) is 16.8 Å². The molecule has 0 bridgehead atoms. The second-order valence-electron chi connectivity index (χ2n) is 7.49. The summed E-state index contributed by atoms with van der Waals surface area (Å²) in [7, 11) is 0. The number of hydrogen-bond donors (Lipinski definition) is 1. The predicted molar refractivity (Wildman–Crippen MR) is 116 cm³/mol. The van der Waals surface area contributed by atoms with Crippen molar-refractivity contribution < 1.29 is 14.3 Å². The number of hydrogen-bond acceptors (Lipinski definition) is 6. The van der Waals surface area contributed by atoms with Gasteiger partial charge in [0.1, 0.15) is 10.8 Å². The van der Waals surface area contributed by atoms with Gasteiger partial charge in [-0.15, -0.1) is 10.2 Å². The van der Waals surface area contributed by atoms with Crippen molar-refractivity contribution in [1.82, 2.24) is 10.2 Å². The number of aromatic nitrogens is 2. The molecule has 1 aliphatic heterocycles. The molecule has 154 valence electrons. The number of nitrogens with zero attached hydrogens (tertiary/aromatic N) is 3. The Hall–Kier alpha value is -3.26. The maximum atomic E-state index is 12.5. The molecule has 4 rings (SSSR count). The minimum Gasteiger partial charge on any atom is -0.482 e. The van der Waals surface area contributed by atoms with Crippen LogP contribution < -0.4 is 15.0 Å². The van der Waals surface area contributed by atoms with Crippen molar-refractivity contribution in [2.24, 2.45) is 5.92 Å². The number of carbonyl (C=O) groups excluding carboxylic acids is 2. The van der Waals surface area contributed by atoms with Crippen LogP contribution in [0.5, 0.6) is 5.75 Å². The van der Waals surface area contributed by atoms with E-state index in [4.69, 9.17) is 4.74 Å². The largest absolute Gasteiger partial charge is 0.482 e. The zero-order chi connectivity index (χ0) is 21.1. The van der Waals surface area contributed by atoms with Crippen LogP contribution in [0.4, 0.5) is 10.8 Å². The highest BCUT2D eigenvalue weighted by molar-refractivity contribution is 7.15. The van der Waals surface area contributed by atoms with Crippen LogP contribution in [-0.2, 0) is 17.8 Å². The molecular weight excluding hydrogens is 400 g/mol. The van der Waals surface area contributed by atoms with Crippen LogP contribution in [0.3, 0.4) is 0 Å². The van der Waals surface area contributed by atoms with Crippen LogP contribution in [0.15, 0.2) is 48.5 Å². The van der Waals surface area contributed by atoms with Crippen molar-refractivity contribution in [3.63, 3.8) is 0 Å². The number of carbonyl (C=O) groups is 2. The number of nitrogens with one attached hydrogen (secondary N) is 1. The third kappa shape index (κ3) is 4.49. The van der Waals surface area contributed by atoms with E-state index in [9.17, 15) is 9.59 Å². The number of benzene rings is 2. The highest BCUT2D eigenvalue weighted by atomic mass is 32.1. The topological polar surface area (TPSA) is 84.4 Å². The highest BCUT2D eigenvalue weighted by Crippen LogP contribution is 2.32. The smallest absolute Gasteiger partial charge is 0.265 e. The number of ether oxygens (including phenoxy) is 1. The molecule has 1 aromatic heterocycles. The number of amides is 2. The first-order chi connectivity index (χ1) is 14.5. The maximum Gasteiger partial charge on any atom is 0.265 e. The van der Waals surface area contributed by atoms with E-state index in [0.29, 0.717) is 28.9 Å². The molecule has 2 aromatic carbocycles. The van der Waals surface area contributed by atoms with E-state index in [0.717, 1.165) is 22.7 Å². The van der Waals surface area contributed by atoms with Gasteiger partial charge in [-0.3, -0.25) is 14.9 Å². The molecule has 30 heavy (non-hydrogen) atoms. The van der Waals surface area contributed by atoms with E-state index < -0.39 is 0 Å². The summed E-state index contributed by atoms with van der Waals surface area (Å²) in [6.07, 6.45) is 0.839. The van der Waals surface area contributed by atoms with Crippen molar-refractivity contribution in [1.29, 1.82) is 0 Å².